The van der Waals surface area contributed by atoms with E-state index < -0.39 is 39.1 Å². The minimum absolute atomic E-state index is 0. The van der Waals surface area contributed by atoms with Crippen LogP contribution in [0.25, 0.3) is 0 Å². The maximum Gasteiger partial charge on any atom is 1.00 e. The van der Waals surface area contributed by atoms with Crippen LogP contribution in [0.4, 0.5) is 0 Å². The molecule has 46 heavy (non-hydrogen) atoms. The van der Waals surface area contributed by atoms with Crippen molar-refractivity contribution < 1.29 is 120 Å². The predicted molar refractivity (Wildman–Crippen MR) is 193 cm³/mol. The third kappa shape index (κ3) is 46.4. The molecule has 260 valence electrons. The first-order valence-electron chi connectivity index (χ1n) is 13.7. The molecule has 0 rings (SSSR count). The number of unbranched alkanes of at least 4 members (excludes halogenated alkanes) is 8. The summed E-state index contributed by atoms with van der Waals surface area (Å²) in [5, 5.41) is -0.139. The molecule has 0 aromatic carbocycles. The molecular formula is C33H61Na2O9PS. The van der Waals surface area contributed by atoms with Gasteiger partial charge >= 0.3 is 71.1 Å². The number of ether oxygens (including phenoxy) is 2. The Morgan fingerprint density at radius 2 is 1.15 bits per heavy atom. The molecule has 0 saturated carbocycles. The van der Waals surface area contributed by atoms with Gasteiger partial charge in [0.05, 0.1) is 14.4 Å². The van der Waals surface area contributed by atoms with Crippen molar-refractivity contribution in [1.82, 2.24) is 0 Å². The number of carbonyl (C=O) groups is 3. The van der Waals surface area contributed by atoms with Gasteiger partial charge in [-0.1, -0.05) is 64.2 Å². The first-order chi connectivity index (χ1) is 21.0. The molecule has 1 atom stereocenters. The van der Waals surface area contributed by atoms with E-state index >= 15 is 0 Å². The van der Waals surface area contributed by atoms with Crippen LogP contribution in [-0.2, 0) is 32.9 Å². The molecule has 0 saturated heterocycles. The monoisotopic (exact) mass is 710 g/mol. The number of esters is 2. The predicted octanol–water partition coefficient (Wildman–Crippen LogP) is -0.0800. The molecule has 0 amide bonds. The van der Waals surface area contributed by atoms with Crippen molar-refractivity contribution in [3.8, 4) is 82.9 Å². The maximum absolute atomic E-state index is 12.1. The van der Waals surface area contributed by atoms with Crippen molar-refractivity contribution in [1.29, 1.82) is 0 Å². The second kappa shape index (κ2) is 37.4. The number of hydrogen-bond acceptors (Lipinski definition) is 9. The van der Waals surface area contributed by atoms with Gasteiger partial charge in [-0.15, -0.1) is 12.6 Å². The molecular weight excluding hydrogens is 649 g/mol. The minimum Gasteiger partial charge on any atom is -0.790 e. The Morgan fingerprint density at radius 1 is 0.739 bits per heavy atom. The molecule has 0 radical (unpaired) electrons. The average Bonchev–Trinajstić information content (AvgIpc) is 2.95. The first kappa shape index (κ1) is 50.8. The van der Waals surface area contributed by atoms with E-state index in [1.54, 1.807) is 6.92 Å². The third-order valence-electron chi connectivity index (χ3n) is 4.58. The third-order valence-corrected chi connectivity index (χ3v) is 5.04. The summed E-state index contributed by atoms with van der Waals surface area (Å²) in [6.07, 6.45) is 8.41. The van der Waals surface area contributed by atoms with Gasteiger partial charge in [0, 0.05) is 37.8 Å². The van der Waals surface area contributed by atoms with Crippen molar-refractivity contribution in [2.75, 3.05) is 13.2 Å². The van der Waals surface area contributed by atoms with E-state index in [0.29, 0.717) is 6.42 Å². The van der Waals surface area contributed by atoms with Crippen LogP contribution in [0.1, 0.15) is 104 Å². The second-order valence-electron chi connectivity index (χ2n) is 8.43. The van der Waals surface area contributed by atoms with Crippen molar-refractivity contribution in [2.45, 2.75) is 91.1 Å². The van der Waals surface area contributed by atoms with Crippen molar-refractivity contribution in [3.05, 3.63) is 0 Å². The minimum atomic E-state index is -5.32. The number of phosphoric ester groups is 1. The first-order valence-corrected chi connectivity index (χ1v) is 15.6. The van der Waals surface area contributed by atoms with Gasteiger partial charge in [0.2, 0.25) is 0 Å². The molecule has 0 unspecified atom stereocenters. The van der Waals surface area contributed by atoms with E-state index in [1.165, 1.54) is 39.0 Å². The summed E-state index contributed by atoms with van der Waals surface area (Å²) in [6.45, 7) is 3.88. The SMILES string of the molecule is CC#CC#CC#CC#CC#CC#CC#CC(=O)OC[C@H](COP(=O)([O-])[O-])OC(=O)CCCCCCCCCCC.CC(=O)S.[HH].[HH].[HH].[HH].[HH].[HH].[HH].[HH].[HH].[HH].[HH].[HH].[HH].[Na+].[Na+]. The molecule has 0 aliphatic rings. The Labute approximate surface area is 343 Å². The molecule has 9 nitrogen and oxygen atoms in total. The maximum atomic E-state index is 12.1. The van der Waals surface area contributed by atoms with E-state index in [-0.39, 0.29) is 89.2 Å². The van der Waals surface area contributed by atoms with E-state index in [0.717, 1.165) is 19.3 Å². The summed E-state index contributed by atoms with van der Waals surface area (Å²) in [5.74, 6) is 32.0. The van der Waals surface area contributed by atoms with Crippen molar-refractivity contribution in [2.24, 2.45) is 0 Å². The van der Waals surface area contributed by atoms with Gasteiger partial charge in [-0.05, 0) is 84.4 Å². The van der Waals surface area contributed by atoms with Crippen LogP contribution in [0, 0.1) is 82.9 Å². The Balaban J connectivity index is -0.0000000590. The number of thiol groups is 1. The van der Waals surface area contributed by atoms with Gasteiger partial charge in [0.15, 0.2) is 11.2 Å². The standard InChI is InChI=1S/C31H33O8P.C2H4OS.2Na.13H2/c1-3-5-7-9-11-13-14-15-16-18-19-21-23-25-30(32)37-27-29(28-38-40(34,35)36)39-31(33)26-24-22-20-17-12-10-8-6-4-2;1-2(3)4;;;;;;;;;;;;;;;/h29H,4,6,8,10,12,17,20,22,24,26-28H2,1-2H3,(H2,34,35,36);1H3,(H,3,4);;;13*1H/q;;2*+1;;;;;;;;;;;;;/p-2/t29-;;;;;;;;;;;;;;;;/m1................/s1. The number of hydrogen-bond donors (Lipinski definition) is 1. The van der Waals surface area contributed by atoms with Gasteiger partial charge in [-0.2, -0.15) is 0 Å². The van der Waals surface area contributed by atoms with Gasteiger partial charge in [0.1, 0.15) is 6.61 Å². The quantitative estimate of drug-likeness (QED) is 0.0443. The van der Waals surface area contributed by atoms with Gasteiger partial charge in [-0.25, -0.2) is 4.79 Å². The zero-order chi connectivity index (χ0) is 33.3. The molecule has 0 aliphatic heterocycles. The summed E-state index contributed by atoms with van der Waals surface area (Å²) in [6, 6.07) is 0. The van der Waals surface area contributed by atoms with Crippen LogP contribution < -0.4 is 68.9 Å². The normalized spacial score (nSPS) is 8.91. The van der Waals surface area contributed by atoms with Crippen LogP contribution in [0.5, 0.6) is 0 Å². The molecule has 0 bridgehead atoms. The molecule has 0 heterocycles. The number of rotatable bonds is 16. The largest absolute Gasteiger partial charge is 1.00 e. The van der Waals surface area contributed by atoms with Crippen molar-refractivity contribution in [3.63, 3.8) is 0 Å². The smallest absolute Gasteiger partial charge is 0.790 e. The van der Waals surface area contributed by atoms with E-state index in [9.17, 15) is 28.7 Å². The Bertz CT molecular complexity index is 1450. The molecule has 0 aromatic heterocycles. The van der Waals surface area contributed by atoms with Crippen LogP contribution in [0.15, 0.2) is 0 Å². The van der Waals surface area contributed by atoms with E-state index in [4.69, 9.17) is 9.47 Å². The second-order valence-corrected chi connectivity index (χ2v) is 10.2. The molecule has 13 heteroatoms. The van der Waals surface area contributed by atoms with Crippen LogP contribution in [0.3, 0.4) is 0 Å². The Kier molecular flexibility index (Phi) is 41.4. The summed E-state index contributed by atoms with van der Waals surface area (Å²) >= 11 is 3.33. The summed E-state index contributed by atoms with van der Waals surface area (Å²) in [5.41, 5.74) is 0. The van der Waals surface area contributed by atoms with Gasteiger partial charge < -0.3 is 28.3 Å². The number of carbonyl (C=O) groups excluding carboxylic acids is 3. The molecule has 0 aliphatic carbocycles. The average molecular weight is 711 g/mol. The molecule has 0 spiro atoms. The van der Waals surface area contributed by atoms with Gasteiger partial charge in [0.25, 0.3) is 0 Å². The van der Waals surface area contributed by atoms with Crippen molar-refractivity contribution >= 4 is 37.5 Å². The fourth-order valence-electron chi connectivity index (χ4n) is 2.78. The van der Waals surface area contributed by atoms with E-state index in [1.807, 2.05) is 0 Å². The van der Waals surface area contributed by atoms with Gasteiger partial charge in [-0.3, -0.25) is 9.59 Å². The topological polar surface area (TPSA) is 142 Å². The summed E-state index contributed by atoms with van der Waals surface area (Å²) in [7, 11) is -5.32. The molecule has 0 aromatic rings. The Morgan fingerprint density at radius 3 is 1.59 bits per heavy atom. The number of phosphoric acid groups is 1. The van der Waals surface area contributed by atoms with E-state index in [2.05, 4.69) is 107 Å². The molecule has 0 fully saturated rings. The summed E-state index contributed by atoms with van der Waals surface area (Å²) < 4.78 is 24.9. The van der Waals surface area contributed by atoms with Crippen LogP contribution in [0.2, 0.25) is 0 Å². The van der Waals surface area contributed by atoms with Crippen LogP contribution in [-0.4, -0.2) is 36.4 Å². The zero-order valence-electron chi connectivity index (χ0n) is 27.1. The fourth-order valence-corrected chi connectivity index (χ4v) is 3.13. The molecule has 0 N–H and O–H groups in total. The van der Waals surface area contributed by atoms with Crippen LogP contribution >= 0.6 is 20.5 Å². The Hall–Kier alpha value is -2.01. The fraction of sp³-hybridized carbons (Fsp3) is 0.485. The summed E-state index contributed by atoms with van der Waals surface area (Å²) in [4.78, 5) is 54.8. The zero-order valence-corrected chi connectivity index (χ0v) is 32.9.